The molecule has 7 nitrogen and oxygen atoms in total. The first-order valence-corrected chi connectivity index (χ1v) is 9.15. The number of amides is 1. The Hall–Kier alpha value is -1.93. The van der Waals surface area contributed by atoms with Crippen molar-refractivity contribution in [3.8, 4) is 0 Å². The predicted molar refractivity (Wildman–Crippen MR) is 87.9 cm³/mol. The highest BCUT2D eigenvalue weighted by molar-refractivity contribution is 7.89. The van der Waals surface area contributed by atoms with Crippen molar-refractivity contribution < 1.29 is 22.7 Å². The topological polar surface area (TPSA) is 92.8 Å². The molecule has 132 valence electrons. The van der Waals surface area contributed by atoms with E-state index < -0.39 is 16.0 Å². The highest BCUT2D eigenvalue weighted by Gasteiger charge is 2.29. The lowest BCUT2D eigenvalue weighted by Gasteiger charge is -2.13. The summed E-state index contributed by atoms with van der Waals surface area (Å²) >= 11 is 0. The third-order valence-corrected chi connectivity index (χ3v) is 5.75. The number of nitrogens with one attached hydrogen (secondary N) is 1. The highest BCUT2D eigenvalue weighted by Crippen LogP contribution is 2.32. The van der Waals surface area contributed by atoms with Crippen molar-refractivity contribution in [3.05, 3.63) is 29.8 Å². The first kappa shape index (κ1) is 18.4. The van der Waals surface area contributed by atoms with Gasteiger partial charge in [-0.25, -0.2) is 17.5 Å². The number of carbonyl (C=O) groups excluding carboxylic acids is 2. The zero-order chi connectivity index (χ0) is 17.9. The van der Waals surface area contributed by atoms with Crippen LogP contribution < -0.4 is 5.32 Å². The molecular formula is C16H22N2O5S. The molecule has 0 aliphatic heterocycles. The third-order valence-electron chi connectivity index (χ3n) is 3.92. The van der Waals surface area contributed by atoms with Crippen molar-refractivity contribution in [1.82, 2.24) is 9.62 Å². The van der Waals surface area contributed by atoms with Crippen LogP contribution in [0.1, 0.15) is 30.1 Å². The third kappa shape index (κ3) is 4.55. The number of carbonyl (C=O) groups is 2. The number of hydrogen-bond donors (Lipinski definition) is 1. The van der Waals surface area contributed by atoms with E-state index in [1.807, 2.05) is 6.92 Å². The lowest BCUT2D eigenvalue weighted by molar-refractivity contribution is -0.124. The average Bonchev–Trinajstić information content (AvgIpc) is 3.37. The molecule has 1 fully saturated rings. The molecule has 1 aliphatic carbocycles. The smallest absolute Gasteiger partial charge is 0.338 e. The van der Waals surface area contributed by atoms with Crippen molar-refractivity contribution in [3.63, 3.8) is 0 Å². The van der Waals surface area contributed by atoms with E-state index in [0.29, 0.717) is 5.92 Å². The van der Waals surface area contributed by atoms with Gasteiger partial charge in [0.25, 0.3) is 5.91 Å². The fourth-order valence-corrected chi connectivity index (χ4v) is 3.10. The zero-order valence-corrected chi connectivity index (χ0v) is 14.8. The van der Waals surface area contributed by atoms with Gasteiger partial charge < -0.3 is 10.1 Å². The molecule has 1 N–H and O–H groups in total. The molecule has 24 heavy (non-hydrogen) atoms. The minimum atomic E-state index is -3.54. The van der Waals surface area contributed by atoms with Crippen molar-refractivity contribution in [2.24, 2.45) is 5.92 Å². The summed E-state index contributed by atoms with van der Waals surface area (Å²) in [7, 11) is -0.685. The molecule has 0 saturated heterocycles. The molecule has 0 aromatic heterocycles. The van der Waals surface area contributed by atoms with E-state index in [2.05, 4.69) is 5.32 Å². The molecule has 0 bridgehead atoms. The summed E-state index contributed by atoms with van der Waals surface area (Å²) in [6.45, 7) is 1.58. The van der Waals surface area contributed by atoms with Gasteiger partial charge in [0.05, 0.1) is 10.5 Å². The largest absolute Gasteiger partial charge is 0.452 e. The van der Waals surface area contributed by atoms with Gasteiger partial charge in [0.1, 0.15) is 0 Å². The number of esters is 1. The Morgan fingerprint density at radius 2 is 1.83 bits per heavy atom. The molecule has 0 radical (unpaired) electrons. The molecule has 8 heteroatoms. The van der Waals surface area contributed by atoms with E-state index in [9.17, 15) is 18.0 Å². The number of rotatable bonds is 7. The van der Waals surface area contributed by atoms with Crippen LogP contribution in [0.4, 0.5) is 0 Å². The van der Waals surface area contributed by atoms with Crippen LogP contribution in [-0.4, -0.2) is 51.3 Å². The highest BCUT2D eigenvalue weighted by atomic mass is 32.2. The second-order valence-corrected chi connectivity index (χ2v) is 8.23. The van der Waals surface area contributed by atoms with Gasteiger partial charge in [-0.1, -0.05) is 0 Å². The first-order valence-electron chi connectivity index (χ1n) is 7.71. The average molecular weight is 354 g/mol. The molecular weight excluding hydrogens is 332 g/mol. The van der Waals surface area contributed by atoms with E-state index in [1.165, 1.54) is 38.4 Å². The molecule has 1 aromatic carbocycles. The lowest BCUT2D eigenvalue weighted by atomic mass is 10.2. The number of hydrogen-bond acceptors (Lipinski definition) is 5. The van der Waals surface area contributed by atoms with Gasteiger partial charge in [-0.05, 0) is 49.9 Å². The van der Waals surface area contributed by atoms with Gasteiger partial charge >= 0.3 is 5.97 Å². The SMILES string of the molecule is C[C@H](NC(=O)COC(=O)c1ccc(S(=O)(=O)N(C)C)cc1)C1CC1. The Kier molecular flexibility index (Phi) is 5.61. The normalized spacial score (nSPS) is 15.8. The summed E-state index contributed by atoms with van der Waals surface area (Å²) in [5, 5.41) is 2.79. The zero-order valence-electron chi connectivity index (χ0n) is 14.0. The standard InChI is InChI=1S/C16H22N2O5S/c1-11(12-4-5-12)17-15(19)10-23-16(20)13-6-8-14(9-7-13)24(21,22)18(2)3/h6-9,11-12H,4-5,10H2,1-3H3,(H,17,19)/t11-/m0/s1. The van der Waals surface area contributed by atoms with Gasteiger partial charge in [-0.3, -0.25) is 4.79 Å². The van der Waals surface area contributed by atoms with Crippen LogP contribution in [0.5, 0.6) is 0 Å². The molecule has 0 spiro atoms. The van der Waals surface area contributed by atoms with Crippen LogP contribution in [0.2, 0.25) is 0 Å². The Morgan fingerprint density at radius 1 is 1.25 bits per heavy atom. The minimum Gasteiger partial charge on any atom is -0.452 e. The van der Waals surface area contributed by atoms with Crippen LogP contribution in [0, 0.1) is 5.92 Å². The summed E-state index contributed by atoms with van der Waals surface area (Å²) < 4.78 is 29.9. The number of sulfonamides is 1. The predicted octanol–water partition coefficient (Wildman–Crippen LogP) is 1.01. The lowest BCUT2D eigenvalue weighted by Crippen LogP contribution is -2.37. The Morgan fingerprint density at radius 3 is 2.33 bits per heavy atom. The fourth-order valence-electron chi connectivity index (χ4n) is 2.20. The van der Waals surface area contributed by atoms with E-state index in [-0.39, 0.29) is 29.0 Å². The molecule has 1 amide bonds. The van der Waals surface area contributed by atoms with Crippen molar-refractivity contribution >= 4 is 21.9 Å². The number of nitrogens with zero attached hydrogens (tertiary/aromatic N) is 1. The number of benzene rings is 1. The van der Waals surface area contributed by atoms with Gasteiger partial charge in [0.2, 0.25) is 10.0 Å². The summed E-state index contributed by atoms with van der Waals surface area (Å²) in [4.78, 5) is 23.7. The van der Waals surface area contributed by atoms with Crippen LogP contribution in [0.25, 0.3) is 0 Å². The van der Waals surface area contributed by atoms with Crippen LogP contribution in [0.15, 0.2) is 29.2 Å². The van der Waals surface area contributed by atoms with Crippen LogP contribution in [-0.2, 0) is 19.6 Å². The maximum atomic E-state index is 11.9. The summed E-state index contributed by atoms with van der Waals surface area (Å²) in [5.74, 6) is -0.483. The van der Waals surface area contributed by atoms with Crippen LogP contribution >= 0.6 is 0 Å². The second kappa shape index (κ2) is 7.31. The van der Waals surface area contributed by atoms with Crippen LogP contribution in [0.3, 0.4) is 0 Å². The molecule has 1 atom stereocenters. The summed E-state index contributed by atoms with van der Waals surface area (Å²) in [6, 6.07) is 5.49. The minimum absolute atomic E-state index is 0.0834. The maximum absolute atomic E-state index is 11.9. The monoisotopic (exact) mass is 354 g/mol. The fraction of sp³-hybridized carbons (Fsp3) is 0.500. The van der Waals surface area contributed by atoms with E-state index in [4.69, 9.17) is 4.74 Å². The number of ether oxygens (including phenoxy) is 1. The maximum Gasteiger partial charge on any atom is 0.338 e. The summed E-state index contributed by atoms with van der Waals surface area (Å²) in [5.41, 5.74) is 0.191. The Balaban J connectivity index is 1.89. The quantitative estimate of drug-likeness (QED) is 0.738. The van der Waals surface area contributed by atoms with E-state index in [0.717, 1.165) is 17.1 Å². The summed E-state index contributed by atoms with van der Waals surface area (Å²) in [6.07, 6.45) is 2.23. The second-order valence-electron chi connectivity index (χ2n) is 6.08. The molecule has 1 aromatic rings. The van der Waals surface area contributed by atoms with Gasteiger partial charge in [0.15, 0.2) is 6.61 Å². The van der Waals surface area contributed by atoms with E-state index >= 15 is 0 Å². The molecule has 0 unspecified atom stereocenters. The molecule has 2 rings (SSSR count). The molecule has 1 saturated carbocycles. The molecule has 0 heterocycles. The first-order chi connectivity index (χ1) is 11.2. The Bertz CT molecular complexity index is 708. The van der Waals surface area contributed by atoms with Gasteiger partial charge in [0, 0.05) is 20.1 Å². The van der Waals surface area contributed by atoms with Crippen molar-refractivity contribution in [2.45, 2.75) is 30.7 Å². The van der Waals surface area contributed by atoms with Crippen molar-refractivity contribution in [1.29, 1.82) is 0 Å². The molecule has 1 aliphatic rings. The van der Waals surface area contributed by atoms with Crippen molar-refractivity contribution in [2.75, 3.05) is 20.7 Å². The van der Waals surface area contributed by atoms with Gasteiger partial charge in [-0.15, -0.1) is 0 Å². The van der Waals surface area contributed by atoms with Gasteiger partial charge in [-0.2, -0.15) is 0 Å². The Labute approximate surface area is 142 Å². The van der Waals surface area contributed by atoms with E-state index in [1.54, 1.807) is 0 Å².